The molecule has 0 saturated carbocycles. The highest BCUT2D eigenvalue weighted by Crippen LogP contribution is 2.48. The standard InChI is InChI=1S/C54H30N4S/c1-2-13-34-31(12-1)24-25-32-28-33(26-27-35(32)34)50-53-51(42-18-7-10-23-49(42)59-53)56-54(55-50)58-46-22-9-6-17-39(46)43-29-47-44(30-48(43)58)41-20-11-19-40-37-15-4-3-14-36(37)38-16-5-8-21-45(38)57(47)52(40)41/h1-30H. The van der Waals surface area contributed by atoms with Crippen molar-refractivity contribution in [2.24, 2.45) is 0 Å². The van der Waals surface area contributed by atoms with Gasteiger partial charge in [-0.3, -0.25) is 4.57 Å². The van der Waals surface area contributed by atoms with E-state index in [0.717, 1.165) is 37.9 Å². The van der Waals surface area contributed by atoms with Gasteiger partial charge in [-0.25, -0.2) is 9.97 Å². The Morgan fingerprint density at radius 2 is 1.03 bits per heavy atom. The lowest BCUT2D eigenvalue weighted by Gasteiger charge is -2.13. The molecule has 0 spiro atoms. The number of benzene rings is 9. The van der Waals surface area contributed by atoms with Crippen molar-refractivity contribution in [1.29, 1.82) is 0 Å². The van der Waals surface area contributed by atoms with Crippen LogP contribution in [-0.4, -0.2) is 19.1 Å². The molecule has 1 aliphatic rings. The van der Waals surface area contributed by atoms with Crippen LogP contribution in [0.15, 0.2) is 182 Å². The van der Waals surface area contributed by atoms with Crippen molar-refractivity contribution in [2.45, 2.75) is 0 Å². The monoisotopic (exact) mass is 766 g/mol. The molecule has 272 valence electrons. The normalized spacial score (nSPS) is 12.4. The van der Waals surface area contributed by atoms with Crippen LogP contribution >= 0.6 is 11.3 Å². The SMILES string of the molecule is c1ccc2c(c1)-c1ccccc1-n1c3cc4c5ccccc5n(-c5nc(-c6ccc7c(ccc8ccccc87)c6)c6sc7ccccc7c6n5)c4cc3c3cccc-2c31. The van der Waals surface area contributed by atoms with Gasteiger partial charge in [-0.1, -0.05) is 146 Å². The second-order valence-corrected chi connectivity index (χ2v) is 16.8. The Kier molecular flexibility index (Phi) is 6.14. The van der Waals surface area contributed by atoms with Crippen molar-refractivity contribution >= 4 is 96.8 Å². The van der Waals surface area contributed by atoms with E-state index in [0.29, 0.717) is 5.95 Å². The number of fused-ring (bicyclic) bond motifs is 17. The minimum absolute atomic E-state index is 0.671. The second kappa shape index (κ2) is 11.5. The van der Waals surface area contributed by atoms with Gasteiger partial charge in [0.05, 0.1) is 43.7 Å². The van der Waals surface area contributed by atoms with E-state index in [-0.39, 0.29) is 0 Å². The van der Waals surface area contributed by atoms with E-state index in [1.54, 1.807) is 11.3 Å². The average molecular weight is 767 g/mol. The number of hydrogen-bond acceptors (Lipinski definition) is 3. The minimum Gasteiger partial charge on any atom is -0.308 e. The highest BCUT2D eigenvalue weighted by Gasteiger charge is 2.26. The zero-order chi connectivity index (χ0) is 38.3. The topological polar surface area (TPSA) is 35.6 Å². The zero-order valence-electron chi connectivity index (χ0n) is 31.5. The fraction of sp³-hybridized carbons (Fsp3) is 0. The van der Waals surface area contributed by atoms with Gasteiger partial charge in [0.25, 0.3) is 0 Å². The first-order valence-corrected chi connectivity index (χ1v) is 20.9. The largest absolute Gasteiger partial charge is 0.308 e. The Balaban J connectivity index is 1.09. The molecule has 14 rings (SSSR count). The van der Waals surface area contributed by atoms with Crippen LogP contribution in [-0.2, 0) is 0 Å². The predicted molar refractivity (Wildman–Crippen MR) is 248 cm³/mol. The fourth-order valence-corrected chi connectivity index (χ4v) is 11.2. The maximum atomic E-state index is 5.59. The van der Waals surface area contributed by atoms with Crippen LogP contribution < -0.4 is 0 Å². The number of hydrogen-bond donors (Lipinski definition) is 0. The van der Waals surface area contributed by atoms with Crippen LogP contribution in [0.3, 0.4) is 0 Å². The molecule has 4 nitrogen and oxygen atoms in total. The number of para-hydroxylation sites is 3. The molecule has 0 bridgehead atoms. The Morgan fingerprint density at radius 3 is 1.93 bits per heavy atom. The van der Waals surface area contributed by atoms with Crippen molar-refractivity contribution in [3.05, 3.63) is 182 Å². The fourth-order valence-electron chi connectivity index (χ4n) is 10.1. The third-order valence-corrected chi connectivity index (χ3v) is 13.8. The predicted octanol–water partition coefficient (Wildman–Crippen LogP) is 14.7. The van der Waals surface area contributed by atoms with Crippen molar-refractivity contribution in [1.82, 2.24) is 19.1 Å². The van der Waals surface area contributed by atoms with Crippen molar-refractivity contribution in [3.8, 4) is 45.1 Å². The smallest absolute Gasteiger partial charge is 0.235 e. The molecule has 0 radical (unpaired) electrons. The number of rotatable bonds is 2. The lowest BCUT2D eigenvalue weighted by atomic mass is 9.94. The van der Waals surface area contributed by atoms with Crippen molar-refractivity contribution in [3.63, 3.8) is 0 Å². The Morgan fingerprint density at radius 1 is 0.390 bits per heavy atom. The lowest BCUT2D eigenvalue weighted by Crippen LogP contribution is -2.02. The molecule has 9 aromatic carbocycles. The molecule has 0 fully saturated rings. The molecule has 0 amide bonds. The molecule has 59 heavy (non-hydrogen) atoms. The molecule has 0 unspecified atom stereocenters. The van der Waals surface area contributed by atoms with E-state index in [9.17, 15) is 0 Å². The summed E-state index contributed by atoms with van der Waals surface area (Å²) in [5.41, 5.74) is 13.8. The summed E-state index contributed by atoms with van der Waals surface area (Å²) in [6.07, 6.45) is 0. The van der Waals surface area contributed by atoms with Gasteiger partial charge in [-0.2, -0.15) is 0 Å². The number of nitrogens with zero attached hydrogens (tertiary/aromatic N) is 4. The summed E-state index contributed by atoms with van der Waals surface area (Å²) in [5.74, 6) is 0.671. The van der Waals surface area contributed by atoms with Gasteiger partial charge in [0.15, 0.2) is 0 Å². The average Bonchev–Trinajstić information content (AvgIpc) is 3.92. The van der Waals surface area contributed by atoms with E-state index in [4.69, 9.17) is 9.97 Å². The maximum Gasteiger partial charge on any atom is 0.235 e. The third kappa shape index (κ3) is 4.21. The third-order valence-electron chi connectivity index (χ3n) is 12.7. The number of aromatic nitrogens is 4. The molecule has 4 aromatic heterocycles. The Bertz CT molecular complexity index is 3980. The van der Waals surface area contributed by atoms with E-state index in [1.165, 1.54) is 86.8 Å². The minimum atomic E-state index is 0.671. The molecule has 13 aromatic rings. The summed E-state index contributed by atoms with van der Waals surface area (Å²) in [4.78, 5) is 11.1. The first kappa shape index (κ1) is 31.5. The van der Waals surface area contributed by atoms with Gasteiger partial charge in [0.2, 0.25) is 5.95 Å². The summed E-state index contributed by atoms with van der Waals surface area (Å²) in [6, 6.07) is 66.5. The van der Waals surface area contributed by atoms with Crippen LogP contribution in [0.2, 0.25) is 0 Å². The van der Waals surface area contributed by atoms with Crippen LogP contribution in [0.1, 0.15) is 0 Å². The lowest BCUT2D eigenvalue weighted by molar-refractivity contribution is 1.02. The summed E-state index contributed by atoms with van der Waals surface area (Å²) < 4.78 is 7.11. The van der Waals surface area contributed by atoms with E-state index in [1.807, 2.05) is 0 Å². The first-order chi connectivity index (χ1) is 29.3. The maximum absolute atomic E-state index is 5.59. The van der Waals surface area contributed by atoms with Gasteiger partial charge >= 0.3 is 0 Å². The molecular weight excluding hydrogens is 737 g/mol. The summed E-state index contributed by atoms with van der Waals surface area (Å²) in [7, 11) is 0. The zero-order valence-corrected chi connectivity index (χ0v) is 32.3. The van der Waals surface area contributed by atoms with Crippen LogP contribution in [0.4, 0.5) is 0 Å². The molecule has 0 atom stereocenters. The van der Waals surface area contributed by atoms with Crippen LogP contribution in [0.25, 0.3) is 131 Å². The van der Waals surface area contributed by atoms with E-state index < -0.39 is 0 Å². The molecule has 1 aliphatic heterocycles. The van der Waals surface area contributed by atoms with Gasteiger partial charge in [-0.05, 0) is 69.1 Å². The van der Waals surface area contributed by atoms with Gasteiger partial charge in [0, 0.05) is 48.3 Å². The highest BCUT2D eigenvalue weighted by atomic mass is 32.1. The molecule has 5 heteroatoms. The Labute approximate surface area is 341 Å². The van der Waals surface area contributed by atoms with Crippen LogP contribution in [0, 0.1) is 0 Å². The summed E-state index contributed by atoms with van der Waals surface area (Å²) in [5, 5.41) is 10.9. The van der Waals surface area contributed by atoms with Gasteiger partial charge in [0.1, 0.15) is 0 Å². The van der Waals surface area contributed by atoms with Crippen molar-refractivity contribution < 1.29 is 0 Å². The quantitative estimate of drug-likeness (QED) is 0.164. The van der Waals surface area contributed by atoms with E-state index >= 15 is 0 Å². The molecule has 0 saturated heterocycles. The number of thiophene rings is 1. The summed E-state index contributed by atoms with van der Waals surface area (Å²) >= 11 is 1.77. The first-order valence-electron chi connectivity index (χ1n) is 20.1. The van der Waals surface area contributed by atoms with Crippen molar-refractivity contribution in [2.75, 3.05) is 0 Å². The molecule has 0 aliphatic carbocycles. The molecule has 0 N–H and O–H groups in total. The van der Waals surface area contributed by atoms with E-state index in [2.05, 4.69) is 191 Å². The molecular formula is C54H30N4S. The summed E-state index contributed by atoms with van der Waals surface area (Å²) in [6.45, 7) is 0. The molecule has 5 heterocycles. The second-order valence-electron chi connectivity index (χ2n) is 15.7. The highest BCUT2D eigenvalue weighted by molar-refractivity contribution is 7.26. The van der Waals surface area contributed by atoms with Gasteiger partial charge < -0.3 is 4.57 Å². The van der Waals surface area contributed by atoms with Gasteiger partial charge in [-0.15, -0.1) is 11.3 Å². The van der Waals surface area contributed by atoms with Crippen LogP contribution in [0.5, 0.6) is 0 Å². The Hall–Kier alpha value is -7.60.